The van der Waals surface area contributed by atoms with Crippen LogP contribution in [-0.4, -0.2) is 29.4 Å². The number of carbonyl (C=O) groups is 1. The summed E-state index contributed by atoms with van der Waals surface area (Å²) in [5.41, 5.74) is 6.13. The van der Waals surface area contributed by atoms with E-state index in [2.05, 4.69) is 18.7 Å². The Morgan fingerprint density at radius 1 is 1.28 bits per heavy atom. The van der Waals surface area contributed by atoms with Crippen molar-refractivity contribution in [3.63, 3.8) is 0 Å². The molecule has 4 atom stereocenters. The molecule has 2 fully saturated rings. The van der Waals surface area contributed by atoms with Crippen LogP contribution in [-0.2, 0) is 4.79 Å². The second-order valence-corrected chi connectivity index (χ2v) is 6.20. The monoisotopic (exact) mass is 252 g/mol. The molecule has 2 aliphatic rings. The van der Waals surface area contributed by atoms with Gasteiger partial charge in [-0.2, -0.15) is 0 Å². The van der Waals surface area contributed by atoms with Gasteiger partial charge in [-0.3, -0.25) is 4.79 Å². The first kappa shape index (κ1) is 13.9. The lowest BCUT2D eigenvalue weighted by atomic mass is 9.78. The van der Waals surface area contributed by atoms with Crippen LogP contribution in [0, 0.1) is 11.8 Å². The van der Waals surface area contributed by atoms with Crippen LogP contribution in [0.4, 0.5) is 0 Å². The Labute approximate surface area is 111 Å². The second-order valence-electron chi connectivity index (χ2n) is 6.20. The number of hydrogen-bond acceptors (Lipinski definition) is 2. The first-order valence-corrected chi connectivity index (χ1v) is 7.71. The van der Waals surface area contributed by atoms with E-state index in [9.17, 15) is 4.79 Å². The number of fused-ring (bicyclic) bond motifs is 1. The van der Waals surface area contributed by atoms with Gasteiger partial charge in [-0.1, -0.05) is 33.1 Å². The largest absolute Gasteiger partial charge is 0.338 e. The summed E-state index contributed by atoms with van der Waals surface area (Å²) in [6.45, 7) is 5.13. The van der Waals surface area contributed by atoms with E-state index in [1.54, 1.807) is 0 Å². The van der Waals surface area contributed by atoms with Gasteiger partial charge in [-0.05, 0) is 37.5 Å². The normalized spacial score (nSPS) is 31.6. The quantitative estimate of drug-likeness (QED) is 0.839. The van der Waals surface area contributed by atoms with E-state index in [0.717, 1.165) is 18.9 Å². The third kappa shape index (κ3) is 2.71. The molecule has 0 aromatic rings. The second kappa shape index (κ2) is 6.05. The number of carbonyl (C=O) groups excluding carboxylic acids is 1. The van der Waals surface area contributed by atoms with E-state index in [-0.39, 0.29) is 11.9 Å². The lowest BCUT2D eigenvalue weighted by Gasteiger charge is -2.45. The molecule has 0 unspecified atom stereocenters. The molecule has 0 spiro atoms. The highest BCUT2D eigenvalue weighted by atomic mass is 16.2. The predicted octanol–water partition coefficient (Wildman–Crippen LogP) is 2.54. The predicted molar refractivity (Wildman–Crippen MR) is 74.1 cm³/mol. The van der Waals surface area contributed by atoms with Crippen LogP contribution in [0.3, 0.4) is 0 Å². The lowest BCUT2D eigenvalue weighted by Crippen LogP contribution is -2.55. The zero-order chi connectivity index (χ0) is 13.1. The molecule has 18 heavy (non-hydrogen) atoms. The number of piperidine rings is 1. The molecule has 1 aliphatic heterocycles. The fraction of sp³-hybridized carbons (Fsp3) is 0.933. The fourth-order valence-electron chi connectivity index (χ4n) is 3.59. The number of nitrogens with zero attached hydrogens (tertiary/aromatic N) is 1. The van der Waals surface area contributed by atoms with Gasteiger partial charge >= 0.3 is 0 Å². The summed E-state index contributed by atoms with van der Waals surface area (Å²) in [5, 5.41) is 0. The van der Waals surface area contributed by atoms with Crippen molar-refractivity contribution in [3.8, 4) is 0 Å². The highest BCUT2D eigenvalue weighted by Crippen LogP contribution is 2.35. The molecule has 2 rings (SSSR count). The average Bonchev–Trinajstić information content (AvgIpc) is 2.44. The highest BCUT2D eigenvalue weighted by Gasteiger charge is 2.37. The van der Waals surface area contributed by atoms with Gasteiger partial charge in [-0.15, -0.1) is 0 Å². The number of amides is 1. The van der Waals surface area contributed by atoms with Crippen molar-refractivity contribution in [2.24, 2.45) is 17.6 Å². The summed E-state index contributed by atoms with van der Waals surface area (Å²) in [6, 6.07) is 0.200. The third-order valence-electron chi connectivity index (χ3n) is 5.07. The molecular formula is C15H28N2O. The Morgan fingerprint density at radius 2 is 1.94 bits per heavy atom. The summed E-state index contributed by atoms with van der Waals surface area (Å²) in [7, 11) is 0. The van der Waals surface area contributed by atoms with Gasteiger partial charge in [0.2, 0.25) is 5.91 Å². The first-order valence-electron chi connectivity index (χ1n) is 7.71. The van der Waals surface area contributed by atoms with Crippen molar-refractivity contribution in [1.82, 2.24) is 4.90 Å². The number of rotatable bonds is 3. The van der Waals surface area contributed by atoms with Crippen LogP contribution in [0.2, 0.25) is 0 Å². The van der Waals surface area contributed by atoms with E-state index in [0.29, 0.717) is 12.0 Å². The summed E-state index contributed by atoms with van der Waals surface area (Å²) in [6.07, 6.45) is 8.60. The van der Waals surface area contributed by atoms with Crippen LogP contribution >= 0.6 is 0 Å². The zero-order valence-electron chi connectivity index (χ0n) is 11.9. The third-order valence-corrected chi connectivity index (χ3v) is 5.07. The molecular weight excluding hydrogens is 224 g/mol. The van der Waals surface area contributed by atoms with Crippen molar-refractivity contribution in [1.29, 1.82) is 0 Å². The lowest BCUT2D eigenvalue weighted by molar-refractivity contribution is -0.140. The van der Waals surface area contributed by atoms with Crippen LogP contribution in [0.5, 0.6) is 0 Å². The molecule has 0 aromatic carbocycles. The standard InChI is InChI=1S/C15H28N2O/c1-3-11(2)14(16)15(18)17-10-6-8-12-7-4-5-9-13(12)17/h11-14H,3-10,16H2,1-2H3/t11-,12+,13+,14-/m0/s1. The molecule has 1 saturated heterocycles. The van der Waals surface area contributed by atoms with Gasteiger partial charge in [0, 0.05) is 12.6 Å². The minimum atomic E-state index is -0.296. The van der Waals surface area contributed by atoms with E-state index < -0.39 is 0 Å². The smallest absolute Gasteiger partial charge is 0.240 e. The Hall–Kier alpha value is -0.570. The molecule has 3 nitrogen and oxygen atoms in total. The topological polar surface area (TPSA) is 46.3 Å². The van der Waals surface area contributed by atoms with E-state index in [1.165, 1.54) is 38.5 Å². The molecule has 0 radical (unpaired) electrons. The van der Waals surface area contributed by atoms with Crippen LogP contribution in [0.1, 0.15) is 58.8 Å². The van der Waals surface area contributed by atoms with Gasteiger partial charge < -0.3 is 10.6 Å². The molecule has 104 valence electrons. The summed E-state index contributed by atoms with van der Waals surface area (Å²) >= 11 is 0. The van der Waals surface area contributed by atoms with Gasteiger partial charge in [0.1, 0.15) is 0 Å². The van der Waals surface area contributed by atoms with Crippen molar-refractivity contribution in [2.75, 3.05) is 6.54 Å². The summed E-state index contributed by atoms with van der Waals surface area (Å²) in [5.74, 6) is 1.25. The van der Waals surface area contributed by atoms with Crippen LogP contribution in [0.25, 0.3) is 0 Å². The molecule has 2 N–H and O–H groups in total. The molecule has 1 heterocycles. The molecule has 3 heteroatoms. The summed E-state index contributed by atoms with van der Waals surface area (Å²) in [4.78, 5) is 14.7. The van der Waals surface area contributed by atoms with Crippen molar-refractivity contribution in [3.05, 3.63) is 0 Å². The van der Waals surface area contributed by atoms with E-state index >= 15 is 0 Å². The average molecular weight is 252 g/mol. The van der Waals surface area contributed by atoms with Crippen LogP contribution in [0.15, 0.2) is 0 Å². The maximum absolute atomic E-state index is 12.6. The Morgan fingerprint density at radius 3 is 2.67 bits per heavy atom. The Balaban J connectivity index is 2.03. The maximum Gasteiger partial charge on any atom is 0.240 e. The molecule has 1 saturated carbocycles. The molecule has 0 bridgehead atoms. The fourth-order valence-corrected chi connectivity index (χ4v) is 3.59. The van der Waals surface area contributed by atoms with Crippen LogP contribution < -0.4 is 5.73 Å². The number of hydrogen-bond donors (Lipinski definition) is 1. The van der Waals surface area contributed by atoms with Gasteiger partial charge in [0.15, 0.2) is 0 Å². The minimum absolute atomic E-state index is 0.209. The number of likely N-dealkylation sites (tertiary alicyclic amines) is 1. The first-order chi connectivity index (χ1) is 8.65. The van der Waals surface area contributed by atoms with Gasteiger partial charge in [0.25, 0.3) is 0 Å². The highest BCUT2D eigenvalue weighted by molar-refractivity contribution is 5.82. The summed E-state index contributed by atoms with van der Waals surface area (Å²) < 4.78 is 0. The van der Waals surface area contributed by atoms with Crippen molar-refractivity contribution in [2.45, 2.75) is 70.9 Å². The molecule has 1 amide bonds. The number of nitrogens with two attached hydrogens (primary N) is 1. The SMILES string of the molecule is CC[C@H](C)[C@H](N)C(=O)N1CCC[C@H]2CCCC[C@H]21. The van der Waals surface area contributed by atoms with Crippen molar-refractivity contribution >= 4 is 5.91 Å². The van der Waals surface area contributed by atoms with Gasteiger partial charge in [0.05, 0.1) is 6.04 Å². The zero-order valence-corrected chi connectivity index (χ0v) is 11.9. The molecule has 0 aromatic heterocycles. The molecule has 1 aliphatic carbocycles. The minimum Gasteiger partial charge on any atom is -0.338 e. The Kier molecular flexibility index (Phi) is 4.66. The van der Waals surface area contributed by atoms with Gasteiger partial charge in [-0.25, -0.2) is 0 Å². The van der Waals surface area contributed by atoms with E-state index in [1.807, 2.05) is 0 Å². The van der Waals surface area contributed by atoms with Crippen molar-refractivity contribution < 1.29 is 4.79 Å². The Bertz CT molecular complexity index is 290. The van der Waals surface area contributed by atoms with E-state index in [4.69, 9.17) is 5.73 Å². The maximum atomic E-state index is 12.6.